The highest BCUT2D eigenvalue weighted by Crippen LogP contribution is 2.26. The third-order valence-corrected chi connectivity index (χ3v) is 4.65. The Morgan fingerprint density at radius 3 is 2.65 bits per heavy atom. The number of rotatable bonds is 4. The van der Waals surface area contributed by atoms with Crippen LogP contribution in [0.1, 0.15) is 28.7 Å². The fraction of sp³-hybridized carbons (Fsp3) is 0.286. The van der Waals surface area contributed by atoms with E-state index in [4.69, 9.17) is 11.6 Å². The second-order valence-corrected chi connectivity index (χ2v) is 6.56. The first-order chi connectivity index (χ1) is 9.43. The van der Waals surface area contributed by atoms with Crippen molar-refractivity contribution in [3.8, 4) is 0 Å². The third-order valence-electron chi connectivity index (χ3n) is 3.06. The number of benzene rings is 1. The molecule has 0 aliphatic heterocycles. The van der Waals surface area contributed by atoms with Gasteiger partial charge in [-0.2, -0.15) is 5.10 Å². The minimum absolute atomic E-state index is 0.0110. The van der Waals surface area contributed by atoms with Crippen LogP contribution in [0.15, 0.2) is 27.1 Å². The Hall–Kier alpha value is -0.650. The smallest absolute Gasteiger partial charge is 0.169 e. The summed E-state index contributed by atoms with van der Waals surface area (Å²) in [6, 6.07) is 5.50. The summed E-state index contributed by atoms with van der Waals surface area (Å²) in [7, 11) is 1.81. The van der Waals surface area contributed by atoms with Gasteiger partial charge in [0.15, 0.2) is 5.78 Å². The van der Waals surface area contributed by atoms with E-state index >= 15 is 0 Å². The zero-order valence-electron chi connectivity index (χ0n) is 11.1. The lowest BCUT2D eigenvalue weighted by Gasteiger charge is -2.05. The highest BCUT2D eigenvalue weighted by molar-refractivity contribution is 9.11. The maximum atomic E-state index is 12.4. The number of halogens is 3. The molecule has 0 N–H and O–H groups in total. The summed E-state index contributed by atoms with van der Waals surface area (Å²) in [6.45, 7) is 1.99. The van der Waals surface area contributed by atoms with Crippen LogP contribution in [-0.4, -0.2) is 15.6 Å². The van der Waals surface area contributed by atoms with Crippen molar-refractivity contribution in [1.82, 2.24) is 9.78 Å². The number of Topliss-reactive ketones (excluding diaryl/α,β-unsaturated/α-hetero) is 1. The Balaban J connectivity index is 2.30. The van der Waals surface area contributed by atoms with Crippen molar-refractivity contribution in [2.24, 2.45) is 7.05 Å². The van der Waals surface area contributed by atoms with E-state index in [0.717, 1.165) is 26.8 Å². The molecular formula is C14H13Br2ClN2O. The quantitative estimate of drug-likeness (QED) is 0.679. The van der Waals surface area contributed by atoms with Gasteiger partial charge in [-0.25, -0.2) is 0 Å². The molecule has 0 unspecified atom stereocenters. The van der Waals surface area contributed by atoms with E-state index in [9.17, 15) is 4.79 Å². The molecule has 0 spiro atoms. The summed E-state index contributed by atoms with van der Waals surface area (Å²) >= 11 is 13.1. The molecule has 1 aromatic carbocycles. The maximum absolute atomic E-state index is 12.4. The second kappa shape index (κ2) is 6.41. The average Bonchev–Trinajstić information content (AvgIpc) is 2.66. The highest BCUT2D eigenvalue weighted by atomic mass is 79.9. The average molecular weight is 421 g/mol. The van der Waals surface area contributed by atoms with Crippen LogP contribution >= 0.6 is 43.5 Å². The fourth-order valence-electron chi connectivity index (χ4n) is 1.97. The van der Waals surface area contributed by atoms with Crippen LogP contribution in [0.25, 0.3) is 0 Å². The van der Waals surface area contributed by atoms with Crippen LogP contribution in [0.4, 0.5) is 0 Å². The van der Waals surface area contributed by atoms with Crippen molar-refractivity contribution in [2.45, 2.75) is 19.8 Å². The van der Waals surface area contributed by atoms with Gasteiger partial charge in [-0.3, -0.25) is 9.48 Å². The number of hydrogen-bond acceptors (Lipinski definition) is 2. The van der Waals surface area contributed by atoms with Gasteiger partial charge in [-0.1, -0.05) is 50.4 Å². The molecule has 0 atom stereocenters. The van der Waals surface area contributed by atoms with Gasteiger partial charge in [0.2, 0.25) is 0 Å². The summed E-state index contributed by atoms with van der Waals surface area (Å²) in [5.41, 5.74) is 2.22. The molecule has 0 saturated carbocycles. The minimum atomic E-state index is 0.0110. The molecule has 20 heavy (non-hydrogen) atoms. The fourth-order valence-corrected chi connectivity index (χ4v) is 3.60. The lowest BCUT2D eigenvalue weighted by molar-refractivity contribution is 0.0990. The van der Waals surface area contributed by atoms with Crippen molar-refractivity contribution in [1.29, 1.82) is 0 Å². The van der Waals surface area contributed by atoms with E-state index in [2.05, 4.69) is 37.0 Å². The van der Waals surface area contributed by atoms with Crippen LogP contribution in [0.5, 0.6) is 0 Å². The molecular weight excluding hydrogens is 407 g/mol. The van der Waals surface area contributed by atoms with Gasteiger partial charge >= 0.3 is 0 Å². The maximum Gasteiger partial charge on any atom is 0.169 e. The summed E-state index contributed by atoms with van der Waals surface area (Å²) < 4.78 is 3.38. The van der Waals surface area contributed by atoms with E-state index in [1.165, 1.54) is 0 Å². The number of hydrogen-bond donors (Lipinski definition) is 0. The SMILES string of the molecule is CCc1nn(C)c(CC(=O)c2ccc(Br)cc2Br)c1Cl. The Morgan fingerprint density at radius 1 is 1.40 bits per heavy atom. The third kappa shape index (κ3) is 3.15. The second-order valence-electron chi connectivity index (χ2n) is 4.41. The minimum Gasteiger partial charge on any atom is -0.294 e. The molecule has 1 heterocycles. The normalized spacial score (nSPS) is 10.8. The predicted molar refractivity (Wildman–Crippen MR) is 87.5 cm³/mol. The van der Waals surface area contributed by atoms with E-state index in [1.807, 2.05) is 26.1 Å². The molecule has 3 nitrogen and oxygen atoms in total. The van der Waals surface area contributed by atoms with Gasteiger partial charge in [-0.15, -0.1) is 0 Å². The van der Waals surface area contributed by atoms with Gasteiger partial charge in [-0.05, 0) is 24.6 Å². The summed E-state index contributed by atoms with van der Waals surface area (Å²) in [4.78, 5) is 12.4. The monoisotopic (exact) mass is 418 g/mol. The summed E-state index contributed by atoms with van der Waals surface area (Å²) in [5, 5.41) is 4.92. The van der Waals surface area contributed by atoms with Crippen LogP contribution in [0.2, 0.25) is 5.02 Å². The topological polar surface area (TPSA) is 34.9 Å². The van der Waals surface area contributed by atoms with E-state index in [-0.39, 0.29) is 12.2 Å². The number of aryl methyl sites for hydroxylation is 2. The number of nitrogens with zero attached hydrogens (tertiary/aromatic N) is 2. The highest BCUT2D eigenvalue weighted by Gasteiger charge is 2.18. The van der Waals surface area contributed by atoms with Crippen molar-refractivity contribution >= 4 is 49.2 Å². The molecule has 0 radical (unpaired) electrons. The van der Waals surface area contributed by atoms with Crippen LogP contribution in [0.3, 0.4) is 0 Å². The van der Waals surface area contributed by atoms with Gasteiger partial charge in [0.25, 0.3) is 0 Å². The predicted octanol–water partition coefficient (Wildman–Crippen LogP) is 4.59. The van der Waals surface area contributed by atoms with Crippen LogP contribution in [-0.2, 0) is 19.9 Å². The van der Waals surface area contributed by atoms with Gasteiger partial charge in [0, 0.05) is 21.6 Å². The summed E-state index contributed by atoms with van der Waals surface area (Å²) in [5.74, 6) is 0.0110. The van der Waals surface area contributed by atoms with Gasteiger partial charge < -0.3 is 0 Å². The number of ketones is 1. The summed E-state index contributed by atoms with van der Waals surface area (Å²) in [6.07, 6.45) is 0.991. The Bertz CT molecular complexity index is 667. The molecule has 0 aliphatic carbocycles. The Kier molecular flexibility index (Phi) is 5.04. The standard InChI is InChI=1S/C14H13Br2ClN2O/c1-3-11-14(17)12(19(2)18-11)7-13(20)9-5-4-8(15)6-10(9)16/h4-6H,3,7H2,1-2H3. The number of carbonyl (C=O) groups excluding carboxylic acids is 1. The molecule has 0 saturated heterocycles. The molecule has 6 heteroatoms. The molecule has 1 aromatic heterocycles. The first-order valence-corrected chi connectivity index (χ1v) is 8.09. The lowest BCUT2D eigenvalue weighted by atomic mass is 10.1. The van der Waals surface area contributed by atoms with Crippen molar-refractivity contribution in [3.63, 3.8) is 0 Å². The number of carbonyl (C=O) groups is 1. The lowest BCUT2D eigenvalue weighted by Crippen LogP contribution is -2.09. The molecule has 0 bridgehead atoms. The first-order valence-electron chi connectivity index (χ1n) is 6.12. The molecule has 0 aliphatic rings. The van der Waals surface area contributed by atoms with Gasteiger partial charge in [0.1, 0.15) is 0 Å². The van der Waals surface area contributed by atoms with Crippen LogP contribution < -0.4 is 0 Å². The molecule has 0 amide bonds. The molecule has 2 aromatic rings. The van der Waals surface area contributed by atoms with Crippen LogP contribution in [0, 0.1) is 0 Å². The largest absolute Gasteiger partial charge is 0.294 e. The van der Waals surface area contributed by atoms with E-state index in [0.29, 0.717) is 10.6 Å². The van der Waals surface area contributed by atoms with Crippen molar-refractivity contribution < 1.29 is 4.79 Å². The van der Waals surface area contributed by atoms with Crippen molar-refractivity contribution in [2.75, 3.05) is 0 Å². The zero-order valence-corrected chi connectivity index (χ0v) is 15.0. The van der Waals surface area contributed by atoms with Gasteiger partial charge in [0.05, 0.1) is 22.8 Å². The Labute approximate surface area is 139 Å². The van der Waals surface area contributed by atoms with E-state index < -0.39 is 0 Å². The zero-order chi connectivity index (χ0) is 14.9. The van der Waals surface area contributed by atoms with E-state index in [1.54, 1.807) is 10.7 Å². The Morgan fingerprint density at radius 2 is 2.10 bits per heavy atom. The molecule has 106 valence electrons. The number of aromatic nitrogens is 2. The molecule has 2 rings (SSSR count). The molecule has 0 fully saturated rings. The first kappa shape index (κ1) is 15.7. The van der Waals surface area contributed by atoms with Crippen molar-refractivity contribution in [3.05, 3.63) is 49.1 Å².